The molecule has 0 saturated carbocycles. The summed E-state index contributed by atoms with van der Waals surface area (Å²) in [6.45, 7) is 2.33. The van der Waals surface area contributed by atoms with Gasteiger partial charge in [0.25, 0.3) is 5.91 Å². The number of ether oxygens (including phenoxy) is 1. The first-order valence-corrected chi connectivity index (χ1v) is 6.23. The van der Waals surface area contributed by atoms with Crippen molar-refractivity contribution in [1.29, 1.82) is 5.26 Å². The summed E-state index contributed by atoms with van der Waals surface area (Å²) in [5.74, 6) is 0.281. The average molecular weight is 283 g/mol. The van der Waals surface area contributed by atoms with Crippen molar-refractivity contribution in [3.8, 4) is 17.7 Å². The zero-order valence-electron chi connectivity index (χ0n) is 11.3. The molecule has 3 N–H and O–H groups in total. The van der Waals surface area contributed by atoms with Gasteiger partial charge in [0.15, 0.2) is 11.4 Å². The number of anilines is 1. The van der Waals surface area contributed by atoms with E-state index >= 15 is 0 Å². The number of nitrogens with two attached hydrogens (primary N) is 1. The highest BCUT2D eigenvalue weighted by molar-refractivity contribution is 5.91. The van der Waals surface area contributed by atoms with E-state index in [1.165, 1.54) is 18.2 Å². The van der Waals surface area contributed by atoms with Gasteiger partial charge in [0, 0.05) is 12.6 Å². The van der Waals surface area contributed by atoms with Crippen LogP contribution in [0, 0.1) is 11.3 Å². The van der Waals surface area contributed by atoms with Gasteiger partial charge in [0.2, 0.25) is 5.88 Å². The van der Waals surface area contributed by atoms with Gasteiger partial charge in [-0.1, -0.05) is 0 Å². The maximum Gasteiger partial charge on any atom is 0.271 e. The number of amides is 1. The van der Waals surface area contributed by atoms with Crippen LogP contribution in [0.2, 0.25) is 0 Å². The van der Waals surface area contributed by atoms with Crippen LogP contribution < -0.4 is 15.8 Å². The van der Waals surface area contributed by atoms with Gasteiger partial charge in [-0.2, -0.15) is 5.26 Å². The molecular weight excluding hydrogens is 270 g/mol. The molecule has 0 unspecified atom stereocenters. The van der Waals surface area contributed by atoms with Crippen molar-refractivity contribution in [2.24, 2.45) is 0 Å². The fourth-order valence-electron chi connectivity index (χ4n) is 1.57. The van der Waals surface area contributed by atoms with E-state index in [0.717, 1.165) is 0 Å². The molecule has 0 radical (unpaired) electrons. The third-order valence-corrected chi connectivity index (χ3v) is 2.56. The van der Waals surface area contributed by atoms with Crippen LogP contribution in [0.3, 0.4) is 0 Å². The Morgan fingerprint density at radius 1 is 1.38 bits per heavy atom. The molecule has 0 saturated heterocycles. The van der Waals surface area contributed by atoms with E-state index in [1.54, 1.807) is 12.1 Å². The number of carbonyl (C=O) groups excluding carboxylic acids is 1. The number of hydrogen-bond donors (Lipinski definition) is 2. The molecule has 21 heavy (non-hydrogen) atoms. The van der Waals surface area contributed by atoms with Crippen molar-refractivity contribution in [2.45, 2.75) is 6.92 Å². The normalized spacial score (nSPS) is 9.71. The van der Waals surface area contributed by atoms with Crippen molar-refractivity contribution in [1.82, 2.24) is 15.5 Å². The lowest BCUT2D eigenvalue weighted by Crippen LogP contribution is -2.23. The van der Waals surface area contributed by atoms with Gasteiger partial charge in [-0.25, -0.2) is 0 Å². The van der Waals surface area contributed by atoms with Gasteiger partial charge in [-0.15, -0.1) is 10.2 Å². The van der Waals surface area contributed by atoms with Gasteiger partial charge >= 0.3 is 0 Å². The fourth-order valence-corrected chi connectivity index (χ4v) is 1.57. The number of rotatable bonds is 4. The highest BCUT2D eigenvalue weighted by Crippen LogP contribution is 2.26. The van der Waals surface area contributed by atoms with E-state index < -0.39 is 0 Å². The molecule has 7 heteroatoms. The molecule has 106 valence electrons. The Bertz CT molecular complexity index is 692. The van der Waals surface area contributed by atoms with Gasteiger partial charge in [-0.05, 0) is 31.2 Å². The summed E-state index contributed by atoms with van der Waals surface area (Å²) < 4.78 is 5.46. The lowest BCUT2D eigenvalue weighted by Gasteiger charge is -2.07. The summed E-state index contributed by atoms with van der Waals surface area (Å²) in [6.07, 6.45) is 0. The number of nitrogen functional groups attached to an aromatic ring is 1. The SMILES string of the molecule is CCNC(=O)c1ccc(Oc2ccc(C#N)cc2N)nn1. The number of aromatic nitrogens is 2. The Kier molecular flexibility index (Phi) is 4.31. The largest absolute Gasteiger partial charge is 0.435 e. The smallest absolute Gasteiger partial charge is 0.271 e. The molecule has 1 amide bonds. The van der Waals surface area contributed by atoms with Crippen molar-refractivity contribution >= 4 is 11.6 Å². The van der Waals surface area contributed by atoms with Crippen molar-refractivity contribution in [2.75, 3.05) is 12.3 Å². The summed E-state index contributed by atoms with van der Waals surface area (Å²) in [6, 6.07) is 9.68. The molecule has 0 aliphatic heterocycles. The Balaban J connectivity index is 2.14. The fraction of sp³-hybridized carbons (Fsp3) is 0.143. The second kappa shape index (κ2) is 6.34. The molecule has 2 aromatic rings. The lowest BCUT2D eigenvalue weighted by atomic mass is 10.2. The first kappa shape index (κ1) is 14.3. The number of nitriles is 1. The van der Waals surface area contributed by atoms with Crippen LogP contribution in [0.5, 0.6) is 11.6 Å². The maximum atomic E-state index is 11.5. The van der Waals surface area contributed by atoms with E-state index in [1.807, 2.05) is 13.0 Å². The van der Waals surface area contributed by atoms with E-state index in [9.17, 15) is 4.79 Å². The molecule has 0 bridgehead atoms. The molecule has 0 aliphatic carbocycles. The molecule has 1 aromatic carbocycles. The van der Waals surface area contributed by atoms with E-state index in [-0.39, 0.29) is 17.5 Å². The van der Waals surface area contributed by atoms with Crippen LogP contribution in [0.4, 0.5) is 5.69 Å². The third kappa shape index (κ3) is 3.45. The van der Waals surface area contributed by atoms with Crippen LogP contribution >= 0.6 is 0 Å². The summed E-state index contributed by atoms with van der Waals surface area (Å²) in [4.78, 5) is 11.5. The van der Waals surface area contributed by atoms with E-state index in [4.69, 9.17) is 15.7 Å². The minimum atomic E-state index is -0.297. The number of carbonyl (C=O) groups is 1. The molecule has 7 nitrogen and oxygen atoms in total. The molecule has 0 fully saturated rings. The highest BCUT2D eigenvalue weighted by Gasteiger charge is 2.09. The monoisotopic (exact) mass is 283 g/mol. The Morgan fingerprint density at radius 3 is 2.76 bits per heavy atom. The van der Waals surface area contributed by atoms with Gasteiger partial charge in [0.05, 0.1) is 17.3 Å². The highest BCUT2D eigenvalue weighted by atomic mass is 16.5. The van der Waals surface area contributed by atoms with Crippen LogP contribution in [0.15, 0.2) is 30.3 Å². The first-order chi connectivity index (χ1) is 10.1. The zero-order chi connectivity index (χ0) is 15.2. The average Bonchev–Trinajstić information content (AvgIpc) is 2.50. The quantitative estimate of drug-likeness (QED) is 0.821. The molecule has 2 rings (SSSR count). The number of nitrogens with one attached hydrogen (secondary N) is 1. The third-order valence-electron chi connectivity index (χ3n) is 2.56. The number of benzene rings is 1. The van der Waals surface area contributed by atoms with Crippen LogP contribution in [0.25, 0.3) is 0 Å². The van der Waals surface area contributed by atoms with Crippen LogP contribution in [-0.4, -0.2) is 22.6 Å². The summed E-state index contributed by atoms with van der Waals surface area (Å²) >= 11 is 0. The molecule has 1 aromatic heterocycles. The van der Waals surface area contributed by atoms with Crippen LogP contribution in [0.1, 0.15) is 23.0 Å². The molecule has 0 aliphatic rings. The van der Waals surface area contributed by atoms with Crippen molar-refractivity contribution < 1.29 is 9.53 Å². The van der Waals surface area contributed by atoms with E-state index in [0.29, 0.717) is 23.5 Å². The number of hydrogen-bond acceptors (Lipinski definition) is 6. The number of nitrogens with zero attached hydrogens (tertiary/aromatic N) is 3. The van der Waals surface area contributed by atoms with Crippen LogP contribution in [-0.2, 0) is 0 Å². The molecule has 0 spiro atoms. The molecular formula is C14H13N5O2. The summed E-state index contributed by atoms with van der Waals surface area (Å²) in [7, 11) is 0. The second-order valence-electron chi connectivity index (χ2n) is 4.08. The molecule has 0 atom stereocenters. The summed E-state index contributed by atoms with van der Waals surface area (Å²) in [5.41, 5.74) is 6.74. The molecule has 1 heterocycles. The maximum absolute atomic E-state index is 11.5. The lowest BCUT2D eigenvalue weighted by molar-refractivity contribution is 0.0949. The van der Waals surface area contributed by atoms with Gasteiger partial charge in [0.1, 0.15) is 0 Å². The van der Waals surface area contributed by atoms with Gasteiger partial charge in [-0.3, -0.25) is 4.79 Å². The Labute approximate surface area is 121 Å². The van der Waals surface area contributed by atoms with E-state index in [2.05, 4.69) is 15.5 Å². The minimum absolute atomic E-state index is 0.206. The standard InChI is InChI=1S/C14H13N5O2/c1-2-17-14(20)11-4-6-13(19-18-11)21-12-5-3-9(8-15)7-10(12)16/h3-7H,2,16H2,1H3,(H,17,20). The minimum Gasteiger partial charge on any atom is -0.435 e. The Hall–Kier alpha value is -3.14. The predicted octanol–water partition coefficient (Wildman–Crippen LogP) is 1.47. The zero-order valence-corrected chi connectivity index (χ0v) is 11.3. The second-order valence-corrected chi connectivity index (χ2v) is 4.08. The topological polar surface area (TPSA) is 114 Å². The van der Waals surface area contributed by atoms with Crippen molar-refractivity contribution in [3.05, 3.63) is 41.6 Å². The Morgan fingerprint density at radius 2 is 2.19 bits per heavy atom. The first-order valence-electron chi connectivity index (χ1n) is 6.23. The summed E-state index contributed by atoms with van der Waals surface area (Å²) in [5, 5.41) is 19.0. The van der Waals surface area contributed by atoms with Gasteiger partial charge < -0.3 is 15.8 Å². The van der Waals surface area contributed by atoms with Crippen molar-refractivity contribution in [3.63, 3.8) is 0 Å². The predicted molar refractivity (Wildman–Crippen MR) is 75.7 cm³/mol.